The molecule has 1 N–H and O–H groups in total. The minimum absolute atomic E-state index is 0.240. The zero-order valence-electron chi connectivity index (χ0n) is 12.0. The second-order valence-electron chi connectivity index (χ2n) is 5.15. The van der Waals surface area contributed by atoms with E-state index in [0.717, 1.165) is 0 Å². The van der Waals surface area contributed by atoms with E-state index in [4.69, 9.17) is 4.42 Å². The standard InChI is InChI=1S/C16H15FN2O3/c1-10-11(7-9-22-10)15(20)18-13-6-8-19(16(13)21)14-5-3-2-4-12(14)17/h2-5,7,9,13H,6,8H2,1H3,(H,18,20)/t13-/m0/s1. The van der Waals surface area contributed by atoms with Crippen molar-refractivity contribution in [1.82, 2.24) is 5.32 Å². The van der Waals surface area contributed by atoms with Gasteiger partial charge in [0.15, 0.2) is 0 Å². The smallest absolute Gasteiger partial charge is 0.255 e. The number of furan rings is 1. The summed E-state index contributed by atoms with van der Waals surface area (Å²) in [6, 6.07) is 7.01. The van der Waals surface area contributed by atoms with E-state index in [2.05, 4.69) is 5.32 Å². The lowest BCUT2D eigenvalue weighted by Crippen LogP contribution is -2.41. The number of nitrogens with zero attached hydrogens (tertiary/aromatic N) is 1. The van der Waals surface area contributed by atoms with Crippen molar-refractivity contribution in [2.24, 2.45) is 0 Å². The number of para-hydroxylation sites is 1. The Kier molecular flexibility index (Phi) is 3.66. The number of aryl methyl sites for hydroxylation is 1. The summed E-state index contributed by atoms with van der Waals surface area (Å²) in [5.41, 5.74) is 0.640. The molecule has 0 spiro atoms. The molecular weight excluding hydrogens is 287 g/mol. The molecule has 1 aromatic heterocycles. The Morgan fingerprint density at radius 2 is 2.14 bits per heavy atom. The van der Waals surface area contributed by atoms with Gasteiger partial charge in [0.2, 0.25) is 5.91 Å². The van der Waals surface area contributed by atoms with Crippen LogP contribution < -0.4 is 10.2 Å². The maximum atomic E-state index is 13.8. The van der Waals surface area contributed by atoms with Crippen molar-refractivity contribution in [3.63, 3.8) is 0 Å². The summed E-state index contributed by atoms with van der Waals surface area (Å²) < 4.78 is 18.9. The number of nitrogens with one attached hydrogen (secondary N) is 1. The van der Waals surface area contributed by atoms with Gasteiger partial charge in [0, 0.05) is 6.54 Å². The van der Waals surface area contributed by atoms with E-state index in [1.165, 1.54) is 17.2 Å². The van der Waals surface area contributed by atoms with Crippen LogP contribution in [0.2, 0.25) is 0 Å². The molecular formula is C16H15FN2O3. The predicted octanol–water partition coefficient (Wildman–Crippen LogP) is 2.26. The molecule has 1 fully saturated rings. The van der Waals surface area contributed by atoms with Crippen LogP contribution in [0, 0.1) is 12.7 Å². The highest BCUT2D eigenvalue weighted by Crippen LogP contribution is 2.24. The van der Waals surface area contributed by atoms with E-state index in [1.807, 2.05) is 0 Å². The van der Waals surface area contributed by atoms with Gasteiger partial charge in [-0.25, -0.2) is 4.39 Å². The Balaban J connectivity index is 1.73. The van der Waals surface area contributed by atoms with E-state index < -0.39 is 11.9 Å². The number of benzene rings is 1. The van der Waals surface area contributed by atoms with Crippen LogP contribution in [0.3, 0.4) is 0 Å². The fourth-order valence-electron chi connectivity index (χ4n) is 2.58. The maximum absolute atomic E-state index is 13.8. The fraction of sp³-hybridized carbons (Fsp3) is 0.250. The molecule has 1 atom stereocenters. The molecule has 0 unspecified atom stereocenters. The number of hydrogen-bond donors (Lipinski definition) is 1. The van der Waals surface area contributed by atoms with Gasteiger partial charge in [-0.2, -0.15) is 0 Å². The highest BCUT2D eigenvalue weighted by molar-refractivity contribution is 6.04. The summed E-state index contributed by atoms with van der Waals surface area (Å²) in [4.78, 5) is 25.9. The van der Waals surface area contributed by atoms with Gasteiger partial charge < -0.3 is 14.6 Å². The molecule has 0 aliphatic carbocycles. The van der Waals surface area contributed by atoms with Gasteiger partial charge >= 0.3 is 0 Å². The van der Waals surface area contributed by atoms with E-state index in [-0.39, 0.29) is 17.5 Å². The first kappa shape index (κ1) is 14.3. The average Bonchev–Trinajstić information content (AvgIpc) is 3.07. The predicted molar refractivity (Wildman–Crippen MR) is 78.1 cm³/mol. The highest BCUT2D eigenvalue weighted by atomic mass is 19.1. The third kappa shape index (κ3) is 2.47. The fourth-order valence-corrected chi connectivity index (χ4v) is 2.58. The number of anilines is 1. The van der Waals surface area contributed by atoms with Crippen LogP contribution in [0.1, 0.15) is 22.5 Å². The van der Waals surface area contributed by atoms with Crippen molar-refractivity contribution >= 4 is 17.5 Å². The molecule has 1 aromatic carbocycles. The van der Waals surface area contributed by atoms with Crippen molar-refractivity contribution in [2.45, 2.75) is 19.4 Å². The number of hydrogen-bond acceptors (Lipinski definition) is 3. The summed E-state index contributed by atoms with van der Waals surface area (Å²) >= 11 is 0. The average molecular weight is 302 g/mol. The van der Waals surface area contributed by atoms with E-state index >= 15 is 0 Å². The maximum Gasteiger partial charge on any atom is 0.255 e. The van der Waals surface area contributed by atoms with Gasteiger partial charge in [-0.15, -0.1) is 0 Å². The third-order valence-corrected chi connectivity index (χ3v) is 3.76. The van der Waals surface area contributed by atoms with Crippen molar-refractivity contribution in [3.8, 4) is 0 Å². The van der Waals surface area contributed by atoms with Gasteiger partial charge in [0.05, 0.1) is 17.5 Å². The molecule has 6 heteroatoms. The van der Waals surface area contributed by atoms with Gasteiger partial charge in [0.1, 0.15) is 17.6 Å². The molecule has 5 nitrogen and oxygen atoms in total. The molecule has 2 aromatic rings. The number of carbonyl (C=O) groups excluding carboxylic acids is 2. The normalized spacial score (nSPS) is 17.8. The number of rotatable bonds is 3. The molecule has 2 heterocycles. The first-order chi connectivity index (χ1) is 10.6. The molecule has 1 aliphatic heterocycles. The summed E-state index contributed by atoms with van der Waals surface area (Å²) in [6.45, 7) is 2.05. The Hall–Kier alpha value is -2.63. The van der Waals surface area contributed by atoms with Crippen molar-refractivity contribution in [2.75, 3.05) is 11.4 Å². The minimum Gasteiger partial charge on any atom is -0.469 e. The SMILES string of the molecule is Cc1occc1C(=O)N[C@H]1CCN(c2ccccc2F)C1=O. The van der Waals surface area contributed by atoms with Crippen LogP contribution >= 0.6 is 0 Å². The zero-order valence-corrected chi connectivity index (χ0v) is 12.0. The molecule has 3 rings (SSSR count). The Morgan fingerprint density at radius 1 is 1.36 bits per heavy atom. The second-order valence-corrected chi connectivity index (χ2v) is 5.15. The lowest BCUT2D eigenvalue weighted by molar-refractivity contribution is -0.118. The summed E-state index contributed by atoms with van der Waals surface area (Å²) in [7, 11) is 0. The van der Waals surface area contributed by atoms with E-state index in [9.17, 15) is 14.0 Å². The van der Waals surface area contributed by atoms with Crippen molar-refractivity contribution < 1.29 is 18.4 Å². The lowest BCUT2D eigenvalue weighted by atomic mass is 10.2. The molecule has 2 amide bonds. The first-order valence-corrected chi connectivity index (χ1v) is 6.99. The lowest BCUT2D eigenvalue weighted by Gasteiger charge is -2.17. The van der Waals surface area contributed by atoms with Gasteiger partial charge in [-0.1, -0.05) is 12.1 Å². The first-order valence-electron chi connectivity index (χ1n) is 6.99. The van der Waals surface area contributed by atoms with Crippen LogP contribution in [0.4, 0.5) is 10.1 Å². The Labute approximate surface area is 126 Å². The number of carbonyl (C=O) groups is 2. The van der Waals surface area contributed by atoms with Crippen LogP contribution in [-0.2, 0) is 4.79 Å². The zero-order chi connectivity index (χ0) is 15.7. The van der Waals surface area contributed by atoms with Crippen LogP contribution in [0.25, 0.3) is 0 Å². The molecule has 0 radical (unpaired) electrons. The molecule has 114 valence electrons. The molecule has 0 saturated carbocycles. The highest BCUT2D eigenvalue weighted by Gasteiger charge is 2.35. The van der Waals surface area contributed by atoms with Crippen molar-refractivity contribution in [3.05, 3.63) is 53.7 Å². The largest absolute Gasteiger partial charge is 0.469 e. The van der Waals surface area contributed by atoms with Crippen LogP contribution in [0.5, 0.6) is 0 Å². The van der Waals surface area contributed by atoms with Gasteiger partial charge in [-0.05, 0) is 31.5 Å². The second kappa shape index (κ2) is 5.63. The third-order valence-electron chi connectivity index (χ3n) is 3.76. The molecule has 1 aliphatic rings. The summed E-state index contributed by atoms with van der Waals surface area (Å²) in [6.07, 6.45) is 1.86. The van der Waals surface area contributed by atoms with Crippen LogP contribution in [0.15, 0.2) is 41.0 Å². The molecule has 22 heavy (non-hydrogen) atoms. The summed E-state index contributed by atoms with van der Waals surface area (Å²) in [5, 5.41) is 2.68. The van der Waals surface area contributed by atoms with Crippen LogP contribution in [-0.4, -0.2) is 24.4 Å². The van der Waals surface area contributed by atoms with Crippen molar-refractivity contribution in [1.29, 1.82) is 0 Å². The summed E-state index contributed by atoms with van der Waals surface area (Å²) in [5.74, 6) is -0.623. The monoisotopic (exact) mass is 302 g/mol. The Bertz CT molecular complexity index is 726. The molecule has 0 bridgehead atoms. The topological polar surface area (TPSA) is 62.6 Å². The molecule has 1 saturated heterocycles. The Morgan fingerprint density at radius 3 is 2.82 bits per heavy atom. The number of halogens is 1. The van der Waals surface area contributed by atoms with Gasteiger partial charge in [0.25, 0.3) is 5.91 Å². The van der Waals surface area contributed by atoms with Gasteiger partial charge in [-0.3, -0.25) is 9.59 Å². The van der Waals surface area contributed by atoms with E-state index in [0.29, 0.717) is 24.3 Å². The number of amides is 2. The van der Waals surface area contributed by atoms with E-state index in [1.54, 1.807) is 31.2 Å². The quantitative estimate of drug-likeness (QED) is 0.946. The minimum atomic E-state index is -0.651.